The first-order valence-electron chi connectivity index (χ1n) is 11.2. The van der Waals surface area contributed by atoms with E-state index in [9.17, 15) is 4.79 Å². The molecule has 3 aromatic carbocycles. The van der Waals surface area contributed by atoms with Crippen LogP contribution in [0.1, 0.15) is 11.1 Å². The van der Waals surface area contributed by atoms with Crippen LogP contribution in [0.15, 0.2) is 71.3 Å². The van der Waals surface area contributed by atoms with E-state index in [1.54, 1.807) is 4.68 Å². The van der Waals surface area contributed by atoms with Crippen LogP contribution in [0.25, 0.3) is 33.9 Å². The topological polar surface area (TPSA) is 104 Å². The minimum atomic E-state index is -0.173. The van der Waals surface area contributed by atoms with Crippen LogP contribution in [-0.4, -0.2) is 32.6 Å². The van der Waals surface area contributed by atoms with Gasteiger partial charge < -0.3 is 19.3 Å². The smallest absolute Gasteiger partial charge is 0.279 e. The Morgan fingerprint density at radius 1 is 1.03 bits per heavy atom. The summed E-state index contributed by atoms with van der Waals surface area (Å²) in [5, 5.41) is 12.5. The molecule has 5 aromatic rings. The molecule has 9 heteroatoms. The lowest BCUT2D eigenvalue weighted by molar-refractivity contribution is -0.121. The highest BCUT2D eigenvalue weighted by molar-refractivity contribution is 5.92. The van der Waals surface area contributed by atoms with Crippen LogP contribution in [0.3, 0.4) is 0 Å². The molecule has 35 heavy (non-hydrogen) atoms. The summed E-state index contributed by atoms with van der Waals surface area (Å²) < 4.78 is 17.9. The standard InChI is InChI=1S/C26H21N5O4/c1-16-6-9-18(10-7-16)25-28-26(35-30-25)24-19-4-2-3-5-20(19)31(29-24)14-23(32)27-13-17-8-11-21-22(12-17)34-15-33-21/h2-12H,13-15H2,1H3,(H,27,32). The Kier molecular flexibility index (Phi) is 5.14. The van der Waals surface area contributed by atoms with Crippen molar-refractivity contribution in [2.45, 2.75) is 20.0 Å². The molecular formula is C26H21N5O4. The highest BCUT2D eigenvalue weighted by Crippen LogP contribution is 2.32. The van der Waals surface area contributed by atoms with Gasteiger partial charge in [-0.25, -0.2) is 0 Å². The van der Waals surface area contributed by atoms with Gasteiger partial charge in [0.1, 0.15) is 6.54 Å². The summed E-state index contributed by atoms with van der Waals surface area (Å²) >= 11 is 0. The summed E-state index contributed by atoms with van der Waals surface area (Å²) in [7, 11) is 0. The maximum Gasteiger partial charge on any atom is 0.279 e. The molecule has 0 spiro atoms. The van der Waals surface area contributed by atoms with Gasteiger partial charge in [0, 0.05) is 17.5 Å². The molecule has 0 saturated carbocycles. The molecule has 0 saturated heterocycles. The largest absolute Gasteiger partial charge is 0.454 e. The van der Waals surface area contributed by atoms with Crippen LogP contribution in [0.5, 0.6) is 11.5 Å². The second-order valence-electron chi connectivity index (χ2n) is 8.28. The second kappa shape index (κ2) is 8.60. The first-order chi connectivity index (χ1) is 17.1. The van der Waals surface area contributed by atoms with Crippen molar-refractivity contribution < 1.29 is 18.8 Å². The van der Waals surface area contributed by atoms with Crippen LogP contribution in [-0.2, 0) is 17.9 Å². The number of para-hydroxylation sites is 1. The maximum absolute atomic E-state index is 12.7. The van der Waals surface area contributed by atoms with Gasteiger partial charge in [-0.3, -0.25) is 9.48 Å². The third kappa shape index (κ3) is 4.08. The minimum Gasteiger partial charge on any atom is -0.454 e. The number of nitrogens with one attached hydrogen (secondary N) is 1. The molecule has 0 radical (unpaired) electrons. The molecule has 0 atom stereocenters. The second-order valence-corrected chi connectivity index (χ2v) is 8.28. The number of carbonyl (C=O) groups excluding carboxylic acids is 1. The van der Waals surface area contributed by atoms with E-state index in [-0.39, 0.29) is 19.2 Å². The van der Waals surface area contributed by atoms with Gasteiger partial charge in [0.15, 0.2) is 17.2 Å². The number of carbonyl (C=O) groups is 1. The minimum absolute atomic E-state index is 0.0457. The fourth-order valence-electron chi connectivity index (χ4n) is 3.99. The van der Waals surface area contributed by atoms with Crippen molar-refractivity contribution in [1.82, 2.24) is 25.2 Å². The van der Waals surface area contributed by atoms with Crippen LogP contribution < -0.4 is 14.8 Å². The molecule has 1 N–H and O–H groups in total. The number of hydrogen-bond acceptors (Lipinski definition) is 7. The number of nitrogens with zero attached hydrogens (tertiary/aromatic N) is 4. The molecule has 1 aliphatic rings. The first-order valence-corrected chi connectivity index (χ1v) is 11.2. The van der Waals surface area contributed by atoms with Gasteiger partial charge in [-0.1, -0.05) is 59.3 Å². The zero-order valence-corrected chi connectivity index (χ0v) is 18.9. The van der Waals surface area contributed by atoms with Crippen LogP contribution in [0.4, 0.5) is 0 Å². The van der Waals surface area contributed by atoms with E-state index < -0.39 is 0 Å². The molecule has 0 bridgehead atoms. The molecule has 9 nitrogen and oxygen atoms in total. The van der Waals surface area contributed by atoms with Gasteiger partial charge in [0.2, 0.25) is 18.5 Å². The number of amides is 1. The zero-order valence-electron chi connectivity index (χ0n) is 18.9. The molecule has 1 amide bonds. The number of benzene rings is 3. The normalized spacial score (nSPS) is 12.3. The predicted octanol–water partition coefficient (Wildman–Crippen LogP) is 4.11. The third-order valence-corrected chi connectivity index (χ3v) is 5.82. The van der Waals surface area contributed by atoms with E-state index in [2.05, 4.69) is 20.6 Å². The average molecular weight is 467 g/mol. The number of rotatable bonds is 6. The molecule has 0 aliphatic carbocycles. The van der Waals surface area contributed by atoms with Crippen molar-refractivity contribution in [3.8, 4) is 34.5 Å². The number of hydrogen-bond donors (Lipinski definition) is 1. The van der Waals surface area contributed by atoms with Crippen molar-refractivity contribution in [3.63, 3.8) is 0 Å². The summed E-state index contributed by atoms with van der Waals surface area (Å²) in [6, 6.07) is 21.2. The van der Waals surface area contributed by atoms with Crippen LogP contribution in [0.2, 0.25) is 0 Å². The van der Waals surface area contributed by atoms with Crippen molar-refractivity contribution in [2.24, 2.45) is 0 Å². The summed E-state index contributed by atoms with van der Waals surface area (Å²) in [4.78, 5) is 17.3. The van der Waals surface area contributed by atoms with Crippen molar-refractivity contribution in [1.29, 1.82) is 0 Å². The third-order valence-electron chi connectivity index (χ3n) is 5.82. The molecule has 1 aliphatic heterocycles. The highest BCUT2D eigenvalue weighted by Gasteiger charge is 2.20. The Labute approximate surface area is 200 Å². The zero-order chi connectivity index (χ0) is 23.8. The average Bonchev–Trinajstić information content (AvgIpc) is 3.62. The van der Waals surface area contributed by atoms with Gasteiger partial charge in [0.25, 0.3) is 5.89 Å². The molecule has 0 unspecified atom stereocenters. The fraction of sp³-hybridized carbons (Fsp3) is 0.154. The molecule has 3 heterocycles. The van der Waals surface area contributed by atoms with Gasteiger partial charge in [-0.05, 0) is 30.7 Å². The molecule has 0 fully saturated rings. The maximum atomic E-state index is 12.7. The van der Waals surface area contributed by atoms with Gasteiger partial charge in [-0.15, -0.1) is 0 Å². The monoisotopic (exact) mass is 467 g/mol. The predicted molar refractivity (Wildman–Crippen MR) is 128 cm³/mol. The number of aryl methyl sites for hydroxylation is 1. The summed E-state index contributed by atoms with van der Waals surface area (Å²) in [5.41, 5.74) is 4.27. The van der Waals surface area contributed by atoms with Crippen LogP contribution in [0, 0.1) is 6.92 Å². The van der Waals surface area contributed by atoms with Gasteiger partial charge >= 0.3 is 0 Å². The summed E-state index contributed by atoms with van der Waals surface area (Å²) in [6.07, 6.45) is 0. The van der Waals surface area contributed by atoms with Crippen molar-refractivity contribution >= 4 is 16.8 Å². The lowest BCUT2D eigenvalue weighted by atomic mass is 10.1. The Balaban J connectivity index is 1.22. The number of ether oxygens (including phenoxy) is 2. The first kappa shape index (κ1) is 20.9. The van der Waals surface area contributed by atoms with E-state index in [0.717, 1.165) is 27.6 Å². The van der Waals surface area contributed by atoms with E-state index in [1.807, 2.05) is 73.7 Å². The van der Waals surface area contributed by atoms with Crippen molar-refractivity contribution in [2.75, 3.05) is 6.79 Å². The molecule has 174 valence electrons. The fourth-order valence-corrected chi connectivity index (χ4v) is 3.99. The highest BCUT2D eigenvalue weighted by atomic mass is 16.7. The molecule has 6 rings (SSSR count). The van der Waals surface area contributed by atoms with E-state index in [1.165, 1.54) is 0 Å². The van der Waals surface area contributed by atoms with E-state index >= 15 is 0 Å². The van der Waals surface area contributed by atoms with E-state index in [0.29, 0.717) is 35.5 Å². The summed E-state index contributed by atoms with van der Waals surface area (Å²) in [5.74, 6) is 2.01. The number of fused-ring (bicyclic) bond motifs is 2. The summed E-state index contributed by atoms with van der Waals surface area (Å²) in [6.45, 7) is 2.65. The lowest BCUT2D eigenvalue weighted by Gasteiger charge is -2.07. The lowest BCUT2D eigenvalue weighted by Crippen LogP contribution is -2.27. The van der Waals surface area contributed by atoms with E-state index in [4.69, 9.17) is 14.0 Å². The SMILES string of the molecule is Cc1ccc(-c2noc(-c3nn(CC(=O)NCc4ccc5c(c4)OCO5)c4ccccc34)n2)cc1. The van der Waals surface area contributed by atoms with Crippen molar-refractivity contribution in [3.05, 3.63) is 77.9 Å². The Morgan fingerprint density at radius 3 is 2.74 bits per heavy atom. The quantitative estimate of drug-likeness (QED) is 0.401. The van der Waals surface area contributed by atoms with Crippen LogP contribution >= 0.6 is 0 Å². The van der Waals surface area contributed by atoms with Gasteiger partial charge in [0.05, 0.1) is 5.52 Å². The Hall–Kier alpha value is -4.66. The molecular weight excluding hydrogens is 446 g/mol. The molecule has 2 aromatic heterocycles. The Bertz CT molecular complexity index is 1540. The van der Waals surface area contributed by atoms with Gasteiger partial charge in [-0.2, -0.15) is 10.1 Å². The Morgan fingerprint density at radius 2 is 1.86 bits per heavy atom. The number of aromatic nitrogens is 4.